The Morgan fingerprint density at radius 2 is 2.41 bits per heavy atom. The van der Waals surface area contributed by atoms with Crippen LogP contribution in [0.15, 0.2) is 21.7 Å². The van der Waals surface area contributed by atoms with Crippen LogP contribution in [0, 0.1) is 10.1 Å². The summed E-state index contributed by atoms with van der Waals surface area (Å²) < 4.78 is 10.2. The van der Waals surface area contributed by atoms with Crippen LogP contribution < -0.4 is 33.5 Å². The molecular formula is C11H16BrN5O5. The highest BCUT2D eigenvalue weighted by Gasteiger charge is 2.33. The lowest BCUT2D eigenvalue weighted by Gasteiger charge is -2.30. The maximum atomic E-state index is 11.7. The van der Waals surface area contributed by atoms with Crippen LogP contribution >= 0.6 is 0 Å². The number of amides is 1. The van der Waals surface area contributed by atoms with Crippen molar-refractivity contribution >= 4 is 18.0 Å². The van der Waals surface area contributed by atoms with E-state index < -0.39 is 22.4 Å². The minimum absolute atomic E-state index is 0. The van der Waals surface area contributed by atoms with Crippen LogP contribution in [0.3, 0.4) is 0 Å². The summed E-state index contributed by atoms with van der Waals surface area (Å²) in [5.41, 5.74) is 7.19. The fraction of sp³-hybridized carbons (Fsp3) is 0.455. The molecule has 1 fully saturated rings. The summed E-state index contributed by atoms with van der Waals surface area (Å²) in [4.78, 5) is 21.4. The Morgan fingerprint density at radius 1 is 1.64 bits per heavy atom. The van der Waals surface area contributed by atoms with Crippen molar-refractivity contribution < 1.29 is 41.2 Å². The second-order valence-corrected chi connectivity index (χ2v) is 4.60. The number of halogens is 1. The van der Waals surface area contributed by atoms with Gasteiger partial charge in [0.05, 0.1) is 31.9 Å². The first-order chi connectivity index (χ1) is 9.98. The Balaban J connectivity index is 0.00000242. The molecule has 1 aliphatic heterocycles. The third-order valence-corrected chi connectivity index (χ3v) is 2.83. The van der Waals surface area contributed by atoms with Gasteiger partial charge in [0.25, 0.3) is 0 Å². The molecule has 1 aromatic heterocycles. The first-order valence-corrected chi connectivity index (χ1v) is 6.29. The van der Waals surface area contributed by atoms with E-state index in [1.165, 1.54) is 18.3 Å². The largest absolute Gasteiger partial charge is 1.00 e. The minimum Gasteiger partial charge on any atom is -1.00 e. The molecular weight excluding hydrogens is 362 g/mol. The SMILES string of the molecule is NC1(CC(=O)N/N=C/c2ccc([N+](=O)[O-])o2)C[NH2+]CCO1.[Br-]. The predicted molar refractivity (Wildman–Crippen MR) is 70.2 cm³/mol. The second kappa shape index (κ2) is 7.98. The van der Waals surface area contributed by atoms with E-state index >= 15 is 0 Å². The van der Waals surface area contributed by atoms with E-state index in [0.29, 0.717) is 13.2 Å². The number of carbonyl (C=O) groups excluding carboxylic acids is 1. The van der Waals surface area contributed by atoms with Gasteiger partial charge >= 0.3 is 5.88 Å². The Kier molecular flexibility index (Phi) is 6.61. The third-order valence-electron chi connectivity index (χ3n) is 2.83. The molecule has 0 aromatic carbocycles. The molecule has 22 heavy (non-hydrogen) atoms. The van der Waals surface area contributed by atoms with Gasteiger partial charge in [-0.15, -0.1) is 0 Å². The summed E-state index contributed by atoms with van der Waals surface area (Å²) in [5.74, 6) is -0.647. The summed E-state index contributed by atoms with van der Waals surface area (Å²) in [6.07, 6.45) is 1.14. The van der Waals surface area contributed by atoms with Gasteiger partial charge in [0.15, 0.2) is 11.5 Å². The number of furan rings is 1. The summed E-state index contributed by atoms with van der Waals surface area (Å²) in [5, 5.41) is 16.0. The van der Waals surface area contributed by atoms with Gasteiger partial charge in [-0.05, 0) is 6.07 Å². The number of nitro groups is 1. The summed E-state index contributed by atoms with van der Waals surface area (Å²) in [6, 6.07) is 2.57. The molecule has 10 nitrogen and oxygen atoms in total. The number of hydrogen-bond donors (Lipinski definition) is 3. The van der Waals surface area contributed by atoms with Gasteiger partial charge in [-0.2, -0.15) is 5.10 Å². The van der Waals surface area contributed by atoms with Gasteiger partial charge in [0.2, 0.25) is 5.91 Å². The number of nitrogens with one attached hydrogen (secondary N) is 1. The highest BCUT2D eigenvalue weighted by Crippen LogP contribution is 2.13. The zero-order valence-corrected chi connectivity index (χ0v) is 13.1. The Morgan fingerprint density at radius 3 is 3.00 bits per heavy atom. The van der Waals surface area contributed by atoms with Gasteiger partial charge in [-0.1, -0.05) is 0 Å². The van der Waals surface area contributed by atoms with Crippen LogP contribution in [0.2, 0.25) is 0 Å². The highest BCUT2D eigenvalue weighted by atomic mass is 79.9. The van der Waals surface area contributed by atoms with Crippen LogP contribution in [0.4, 0.5) is 5.88 Å². The molecule has 11 heteroatoms. The van der Waals surface area contributed by atoms with Crippen LogP contribution in [0.1, 0.15) is 12.2 Å². The number of rotatable bonds is 5. The average molecular weight is 378 g/mol. The maximum Gasteiger partial charge on any atom is 0.433 e. The number of nitrogens with zero attached hydrogens (tertiary/aromatic N) is 2. The van der Waals surface area contributed by atoms with Gasteiger partial charge in [0, 0.05) is 0 Å². The molecule has 0 bridgehead atoms. The van der Waals surface area contributed by atoms with Crippen LogP contribution in [-0.2, 0) is 9.53 Å². The van der Waals surface area contributed by atoms with Crippen LogP contribution in [0.25, 0.3) is 0 Å². The van der Waals surface area contributed by atoms with Crippen molar-refractivity contribution in [2.45, 2.75) is 12.1 Å². The molecule has 0 saturated carbocycles. The molecule has 0 radical (unpaired) electrons. The quantitative estimate of drug-likeness (QED) is 0.266. The monoisotopic (exact) mass is 377 g/mol. The summed E-state index contributed by atoms with van der Waals surface area (Å²) >= 11 is 0. The molecule has 2 rings (SSSR count). The van der Waals surface area contributed by atoms with Gasteiger partial charge in [-0.25, -0.2) is 5.43 Å². The molecule has 1 unspecified atom stereocenters. The minimum atomic E-state index is -0.999. The number of hydrogen-bond acceptors (Lipinski definition) is 7. The Bertz CT molecular complexity index is 555. The standard InChI is InChI=1S/C11H15N5O5.BrH/c12-11(7-13-3-4-20-11)5-9(17)15-14-6-8-1-2-10(21-8)16(18)19;/h1-2,6,13H,3-5,7,12H2,(H,15,17);1H/b14-6+;. The maximum absolute atomic E-state index is 11.7. The van der Waals surface area contributed by atoms with Crippen molar-refractivity contribution in [3.63, 3.8) is 0 Å². The van der Waals surface area contributed by atoms with Crippen molar-refractivity contribution in [1.29, 1.82) is 0 Å². The van der Waals surface area contributed by atoms with Gasteiger partial charge in [-0.3, -0.25) is 20.6 Å². The zero-order chi connectivity index (χ0) is 15.3. The number of carbonyl (C=O) groups is 1. The average Bonchev–Trinajstić information content (AvgIpc) is 2.88. The second-order valence-electron chi connectivity index (χ2n) is 4.60. The van der Waals surface area contributed by atoms with Crippen LogP contribution in [-0.4, -0.2) is 42.5 Å². The van der Waals surface area contributed by atoms with E-state index in [1.54, 1.807) is 0 Å². The van der Waals surface area contributed by atoms with E-state index in [2.05, 4.69) is 10.5 Å². The topological polar surface area (TPSA) is 150 Å². The molecule has 122 valence electrons. The van der Waals surface area contributed by atoms with Crippen LogP contribution in [0.5, 0.6) is 0 Å². The molecule has 1 aromatic rings. The number of ether oxygens (including phenoxy) is 1. The van der Waals surface area contributed by atoms with Crippen molar-refractivity contribution in [1.82, 2.24) is 5.43 Å². The molecule has 1 atom stereocenters. The fourth-order valence-electron chi connectivity index (χ4n) is 1.86. The van der Waals surface area contributed by atoms with E-state index in [9.17, 15) is 14.9 Å². The molecule has 1 amide bonds. The Labute approximate surface area is 136 Å². The summed E-state index contributed by atoms with van der Waals surface area (Å²) in [6.45, 7) is 1.80. The lowest BCUT2D eigenvalue weighted by atomic mass is 10.1. The first-order valence-electron chi connectivity index (χ1n) is 6.29. The van der Waals surface area contributed by atoms with Crippen molar-refractivity contribution in [2.75, 3.05) is 19.7 Å². The highest BCUT2D eigenvalue weighted by molar-refractivity contribution is 5.81. The molecule has 2 heterocycles. The van der Waals surface area contributed by atoms with E-state index in [0.717, 1.165) is 6.54 Å². The molecule has 5 N–H and O–H groups in total. The van der Waals surface area contributed by atoms with E-state index in [-0.39, 0.29) is 29.2 Å². The normalized spacial score (nSPS) is 21.3. The molecule has 1 aliphatic rings. The van der Waals surface area contributed by atoms with Crippen molar-refractivity contribution in [3.05, 3.63) is 28.0 Å². The molecule has 0 aliphatic carbocycles. The fourth-order valence-corrected chi connectivity index (χ4v) is 1.86. The molecule has 0 spiro atoms. The van der Waals surface area contributed by atoms with Gasteiger partial charge < -0.3 is 31.5 Å². The van der Waals surface area contributed by atoms with Crippen molar-refractivity contribution in [3.8, 4) is 0 Å². The third kappa shape index (κ3) is 5.18. The number of nitrogens with two attached hydrogens (primary N) is 2. The number of hydrazone groups is 1. The predicted octanol–water partition coefficient (Wildman–Crippen LogP) is -4.72. The van der Waals surface area contributed by atoms with E-state index in [1.807, 2.05) is 5.32 Å². The zero-order valence-electron chi connectivity index (χ0n) is 11.5. The lowest BCUT2D eigenvalue weighted by molar-refractivity contribution is -0.685. The van der Waals surface area contributed by atoms with Crippen molar-refractivity contribution in [2.24, 2.45) is 10.8 Å². The molecule has 1 saturated heterocycles. The lowest BCUT2D eigenvalue weighted by Crippen LogP contribution is -3.00. The first kappa shape index (κ1) is 18.2. The smallest absolute Gasteiger partial charge is 0.433 e. The Hall–Kier alpha value is -1.82. The van der Waals surface area contributed by atoms with Gasteiger partial charge in [0.1, 0.15) is 11.5 Å². The number of morpholine rings is 1. The summed E-state index contributed by atoms with van der Waals surface area (Å²) in [7, 11) is 0. The number of quaternary nitrogens is 1. The van der Waals surface area contributed by atoms with E-state index in [4.69, 9.17) is 14.9 Å².